The highest BCUT2D eigenvalue weighted by atomic mass is 32.1. The third kappa shape index (κ3) is 3.68. The Hall–Kier alpha value is -2.12. The topological polar surface area (TPSA) is 42.1 Å². The van der Waals surface area contributed by atoms with E-state index >= 15 is 0 Å². The van der Waals surface area contributed by atoms with E-state index in [1.54, 1.807) is 0 Å². The van der Waals surface area contributed by atoms with Crippen molar-refractivity contribution in [3.05, 3.63) is 40.5 Å². The van der Waals surface area contributed by atoms with Crippen molar-refractivity contribution in [2.45, 2.75) is 51.0 Å². The highest BCUT2D eigenvalue weighted by Gasteiger charge is 2.32. The molecule has 1 aromatic heterocycles. The van der Waals surface area contributed by atoms with Crippen LogP contribution in [0.2, 0.25) is 0 Å². The molecule has 2 aromatic rings. The van der Waals surface area contributed by atoms with Crippen molar-refractivity contribution in [2.24, 2.45) is 11.8 Å². The molecule has 1 atom stereocenters. The van der Waals surface area contributed by atoms with Crippen LogP contribution >= 0.6 is 12.2 Å². The number of ether oxygens (including phenoxy) is 1. The molecule has 0 amide bonds. The second kappa shape index (κ2) is 7.63. The third-order valence-corrected chi connectivity index (χ3v) is 5.98. The molecule has 1 unspecified atom stereocenters. The first-order chi connectivity index (χ1) is 12.7. The SMILES string of the molecule is O=C(OC(C#Cc1ccc2[nH]ccc(=S)c2c1)C1CCCC1)C1CCC1. The number of fused-ring (bicyclic) bond motifs is 1. The Balaban J connectivity index is 1.58. The fourth-order valence-electron chi connectivity index (χ4n) is 3.77. The number of benzene rings is 1. The highest BCUT2D eigenvalue weighted by molar-refractivity contribution is 7.71. The Morgan fingerprint density at radius 3 is 2.69 bits per heavy atom. The number of aromatic amines is 1. The van der Waals surface area contributed by atoms with Crippen LogP contribution in [-0.2, 0) is 9.53 Å². The van der Waals surface area contributed by atoms with Crippen molar-refractivity contribution in [2.75, 3.05) is 0 Å². The molecule has 1 aromatic carbocycles. The Labute approximate surface area is 159 Å². The lowest BCUT2D eigenvalue weighted by molar-refractivity contribution is -0.156. The summed E-state index contributed by atoms with van der Waals surface area (Å²) in [5.41, 5.74) is 1.91. The van der Waals surface area contributed by atoms with Gasteiger partial charge in [-0.05, 0) is 49.9 Å². The summed E-state index contributed by atoms with van der Waals surface area (Å²) in [6.07, 6.45) is 9.23. The van der Waals surface area contributed by atoms with Crippen molar-refractivity contribution < 1.29 is 9.53 Å². The van der Waals surface area contributed by atoms with E-state index in [-0.39, 0.29) is 18.0 Å². The molecule has 2 aliphatic rings. The van der Waals surface area contributed by atoms with Crippen molar-refractivity contribution >= 4 is 29.1 Å². The fraction of sp³-hybridized carbons (Fsp3) is 0.455. The summed E-state index contributed by atoms with van der Waals surface area (Å²) < 4.78 is 6.64. The summed E-state index contributed by atoms with van der Waals surface area (Å²) in [5, 5.41) is 0.998. The average Bonchev–Trinajstić information content (AvgIpc) is 3.12. The van der Waals surface area contributed by atoms with Crippen LogP contribution in [0, 0.1) is 28.2 Å². The maximum absolute atomic E-state index is 12.3. The number of aromatic nitrogens is 1. The van der Waals surface area contributed by atoms with E-state index in [0.717, 1.165) is 53.1 Å². The number of esters is 1. The molecule has 0 saturated heterocycles. The minimum atomic E-state index is -0.286. The molecule has 26 heavy (non-hydrogen) atoms. The molecule has 4 heteroatoms. The van der Waals surface area contributed by atoms with Gasteiger partial charge >= 0.3 is 5.97 Å². The number of pyridine rings is 1. The average molecular weight is 365 g/mol. The maximum Gasteiger partial charge on any atom is 0.310 e. The molecular formula is C22H23NO2S. The molecule has 2 aliphatic carbocycles. The molecular weight excluding hydrogens is 342 g/mol. The number of nitrogens with one attached hydrogen (secondary N) is 1. The van der Waals surface area contributed by atoms with Gasteiger partial charge in [-0.1, -0.05) is 43.3 Å². The number of hydrogen-bond donors (Lipinski definition) is 1. The van der Waals surface area contributed by atoms with E-state index in [2.05, 4.69) is 16.8 Å². The first-order valence-corrected chi connectivity index (χ1v) is 9.95. The lowest BCUT2D eigenvalue weighted by Crippen LogP contribution is -2.31. The molecule has 0 radical (unpaired) electrons. The number of rotatable bonds is 3. The second-order valence-corrected chi connectivity index (χ2v) is 7.84. The first kappa shape index (κ1) is 17.3. The van der Waals surface area contributed by atoms with Gasteiger partial charge in [-0.15, -0.1) is 0 Å². The summed E-state index contributed by atoms with van der Waals surface area (Å²) in [6.45, 7) is 0. The summed E-state index contributed by atoms with van der Waals surface area (Å²) >= 11 is 5.40. The van der Waals surface area contributed by atoms with Gasteiger partial charge in [-0.3, -0.25) is 4.79 Å². The van der Waals surface area contributed by atoms with E-state index < -0.39 is 0 Å². The molecule has 134 valence electrons. The minimum absolute atomic E-state index is 0.0524. The van der Waals surface area contributed by atoms with E-state index in [1.807, 2.05) is 30.5 Å². The largest absolute Gasteiger partial charge is 0.449 e. The smallest absolute Gasteiger partial charge is 0.310 e. The van der Waals surface area contributed by atoms with Crippen LogP contribution in [-0.4, -0.2) is 17.1 Å². The van der Waals surface area contributed by atoms with E-state index in [9.17, 15) is 4.79 Å². The van der Waals surface area contributed by atoms with Gasteiger partial charge in [-0.25, -0.2) is 0 Å². The van der Waals surface area contributed by atoms with Gasteiger partial charge in [0, 0.05) is 33.1 Å². The molecule has 3 nitrogen and oxygen atoms in total. The van der Waals surface area contributed by atoms with E-state index in [1.165, 1.54) is 12.8 Å². The molecule has 0 aliphatic heterocycles. The van der Waals surface area contributed by atoms with E-state index in [0.29, 0.717) is 5.92 Å². The van der Waals surface area contributed by atoms with Crippen LogP contribution in [0.25, 0.3) is 10.9 Å². The minimum Gasteiger partial charge on any atom is -0.449 e. The van der Waals surface area contributed by atoms with Crippen molar-refractivity contribution in [1.29, 1.82) is 0 Å². The summed E-state index contributed by atoms with van der Waals surface area (Å²) in [4.78, 5) is 15.5. The van der Waals surface area contributed by atoms with Gasteiger partial charge in [0.1, 0.15) is 0 Å². The number of H-pyrrole nitrogens is 1. The van der Waals surface area contributed by atoms with Crippen molar-refractivity contribution in [3.8, 4) is 11.8 Å². The van der Waals surface area contributed by atoms with Gasteiger partial charge in [-0.2, -0.15) is 0 Å². The predicted octanol–water partition coefficient (Wildman–Crippen LogP) is 5.15. The number of hydrogen-bond acceptors (Lipinski definition) is 3. The monoisotopic (exact) mass is 365 g/mol. The molecule has 1 N–H and O–H groups in total. The predicted molar refractivity (Wildman–Crippen MR) is 105 cm³/mol. The van der Waals surface area contributed by atoms with Crippen LogP contribution in [0.4, 0.5) is 0 Å². The normalized spacial score (nSPS) is 18.8. The van der Waals surface area contributed by atoms with Crippen LogP contribution in [0.5, 0.6) is 0 Å². The molecule has 4 rings (SSSR count). The standard InChI is InChI=1S/C22H23NO2S/c24-22(17-6-3-7-17)25-20(16-4-1-2-5-16)11-9-15-8-10-19-18(14-15)21(26)12-13-23-19/h8,10,12-14,16-17,20H,1-7H2,(H,23,26). The lowest BCUT2D eigenvalue weighted by atomic mass is 9.85. The van der Waals surface area contributed by atoms with Gasteiger partial charge < -0.3 is 9.72 Å². The quantitative estimate of drug-likeness (QED) is 0.465. The van der Waals surface area contributed by atoms with Crippen LogP contribution in [0.15, 0.2) is 30.5 Å². The van der Waals surface area contributed by atoms with Crippen LogP contribution in [0.3, 0.4) is 0 Å². The number of carbonyl (C=O) groups is 1. The van der Waals surface area contributed by atoms with Gasteiger partial charge in [0.15, 0.2) is 6.10 Å². The van der Waals surface area contributed by atoms with Gasteiger partial charge in [0.25, 0.3) is 0 Å². The lowest BCUT2D eigenvalue weighted by Gasteiger charge is -2.26. The highest BCUT2D eigenvalue weighted by Crippen LogP contribution is 2.32. The molecule has 2 saturated carbocycles. The zero-order valence-corrected chi connectivity index (χ0v) is 15.6. The fourth-order valence-corrected chi connectivity index (χ4v) is 4.01. The Morgan fingerprint density at radius 1 is 1.15 bits per heavy atom. The first-order valence-electron chi connectivity index (χ1n) is 9.54. The second-order valence-electron chi connectivity index (χ2n) is 7.40. The molecule has 2 fully saturated rings. The van der Waals surface area contributed by atoms with Crippen molar-refractivity contribution in [1.82, 2.24) is 4.98 Å². The van der Waals surface area contributed by atoms with Gasteiger partial charge in [0.05, 0.1) is 5.92 Å². The summed E-state index contributed by atoms with van der Waals surface area (Å²) in [6, 6.07) is 7.89. The molecule has 0 spiro atoms. The van der Waals surface area contributed by atoms with Gasteiger partial charge in [0.2, 0.25) is 0 Å². The summed E-state index contributed by atoms with van der Waals surface area (Å²) in [7, 11) is 0. The Morgan fingerprint density at radius 2 is 1.96 bits per heavy atom. The molecule has 0 bridgehead atoms. The Kier molecular flexibility index (Phi) is 5.08. The Bertz CT molecular complexity index is 926. The zero-order valence-electron chi connectivity index (χ0n) is 14.8. The third-order valence-electron chi connectivity index (χ3n) is 5.63. The van der Waals surface area contributed by atoms with Crippen LogP contribution in [0.1, 0.15) is 50.5 Å². The molecule has 1 heterocycles. The van der Waals surface area contributed by atoms with Crippen LogP contribution < -0.4 is 0 Å². The number of carbonyl (C=O) groups excluding carboxylic acids is 1. The maximum atomic E-state index is 12.3. The summed E-state index contributed by atoms with van der Waals surface area (Å²) in [5.74, 6) is 6.91. The van der Waals surface area contributed by atoms with E-state index in [4.69, 9.17) is 17.0 Å². The zero-order chi connectivity index (χ0) is 17.9. The van der Waals surface area contributed by atoms with Crippen molar-refractivity contribution in [3.63, 3.8) is 0 Å².